The van der Waals surface area contributed by atoms with Crippen LogP contribution >= 0.6 is 0 Å². The number of aliphatic hydroxyl groups is 2. The second-order valence-electron chi connectivity index (χ2n) is 15.8. The van der Waals surface area contributed by atoms with Gasteiger partial charge in [-0.05, 0) is 102 Å². The lowest BCUT2D eigenvalue weighted by molar-refractivity contribution is -0.182. The maximum Gasteiger partial charge on any atom is 0.0880 e. The zero-order valence-corrected chi connectivity index (χ0v) is 24.4. The van der Waals surface area contributed by atoms with Gasteiger partial charge in [-0.15, -0.1) is 0 Å². The molecule has 210 valence electrons. The Labute approximate surface area is 230 Å². The Hall–Kier alpha value is -0.940. The molecule has 38 heavy (non-hydrogen) atoms. The van der Waals surface area contributed by atoms with E-state index in [9.17, 15) is 10.2 Å². The van der Waals surface area contributed by atoms with E-state index in [4.69, 9.17) is 4.74 Å². The van der Waals surface area contributed by atoms with Gasteiger partial charge in [0.25, 0.3) is 0 Å². The van der Waals surface area contributed by atoms with Crippen LogP contribution in [0.5, 0.6) is 0 Å². The van der Waals surface area contributed by atoms with Gasteiger partial charge in [0.1, 0.15) is 0 Å². The third-order valence-electron chi connectivity index (χ3n) is 14.4. The second kappa shape index (κ2) is 8.30. The van der Waals surface area contributed by atoms with E-state index in [1.807, 2.05) is 0 Å². The summed E-state index contributed by atoms with van der Waals surface area (Å²) >= 11 is 0. The number of nitrogens with one attached hydrogen (secondary N) is 1. The first kappa shape index (κ1) is 26.0. The Morgan fingerprint density at radius 1 is 0.921 bits per heavy atom. The van der Waals surface area contributed by atoms with Crippen molar-refractivity contribution in [3.05, 3.63) is 35.9 Å². The molecule has 4 nitrogen and oxygen atoms in total. The predicted octanol–water partition coefficient (Wildman–Crippen LogP) is 5.95. The molecule has 7 rings (SSSR count). The summed E-state index contributed by atoms with van der Waals surface area (Å²) in [5, 5.41) is 26.9. The molecule has 2 spiro atoms. The molecule has 1 saturated heterocycles. The Morgan fingerprint density at radius 3 is 2.39 bits per heavy atom. The summed E-state index contributed by atoms with van der Waals surface area (Å²) in [6.45, 7) is 13.8. The summed E-state index contributed by atoms with van der Waals surface area (Å²) < 4.78 is 6.89. The van der Waals surface area contributed by atoms with E-state index in [0.717, 1.165) is 25.9 Å². The molecule has 4 heteroatoms. The Morgan fingerprint density at radius 2 is 1.63 bits per heavy atom. The largest absolute Gasteiger partial charge is 0.393 e. The van der Waals surface area contributed by atoms with E-state index in [0.29, 0.717) is 34.5 Å². The fourth-order valence-corrected chi connectivity index (χ4v) is 12.5. The van der Waals surface area contributed by atoms with Gasteiger partial charge in [-0.2, -0.15) is 0 Å². The van der Waals surface area contributed by atoms with Gasteiger partial charge in [0.15, 0.2) is 0 Å². The molecule has 6 aliphatic rings. The summed E-state index contributed by atoms with van der Waals surface area (Å²) in [6, 6.07) is 10.6. The monoisotopic (exact) mass is 521 g/mol. The van der Waals surface area contributed by atoms with Crippen LogP contribution < -0.4 is 5.32 Å². The fourth-order valence-electron chi connectivity index (χ4n) is 12.5. The normalized spacial score (nSPS) is 54.2. The van der Waals surface area contributed by atoms with Gasteiger partial charge in [-0.1, -0.05) is 65.0 Å². The Balaban J connectivity index is 1.14. The molecule has 0 bridgehead atoms. The van der Waals surface area contributed by atoms with Gasteiger partial charge in [-0.3, -0.25) is 0 Å². The Kier molecular flexibility index (Phi) is 5.68. The number of hydrogen-bond acceptors (Lipinski definition) is 4. The van der Waals surface area contributed by atoms with E-state index < -0.39 is 6.10 Å². The number of rotatable bonds is 4. The average molecular weight is 522 g/mol. The van der Waals surface area contributed by atoms with E-state index in [1.165, 1.54) is 44.1 Å². The third kappa shape index (κ3) is 3.07. The summed E-state index contributed by atoms with van der Waals surface area (Å²) in [4.78, 5) is 0. The number of benzene rings is 1. The van der Waals surface area contributed by atoms with Crippen molar-refractivity contribution in [1.82, 2.24) is 5.32 Å². The molecule has 4 unspecified atom stereocenters. The minimum atomic E-state index is -0.393. The number of hydrogen-bond donors (Lipinski definition) is 3. The molecular formula is C34H51NO3. The Bertz CT molecular complexity index is 1070. The molecule has 1 aromatic carbocycles. The molecule has 1 aliphatic heterocycles. The summed E-state index contributed by atoms with van der Waals surface area (Å²) in [6.07, 6.45) is 9.07. The second-order valence-corrected chi connectivity index (χ2v) is 15.8. The average Bonchev–Trinajstić information content (AvgIpc) is 3.52. The SMILES string of the molecule is C[C@@H]1CC(CNCc2ccccc2)OC2[C@H]1[C@@]1(C)CC[C@@]34C[C@@]35CCC(O)C(C)(C)[C@@H]5CCC4[C@]1(C)[C@H]2O. The van der Waals surface area contributed by atoms with Crippen molar-refractivity contribution >= 4 is 0 Å². The van der Waals surface area contributed by atoms with Gasteiger partial charge in [0.2, 0.25) is 0 Å². The van der Waals surface area contributed by atoms with E-state index >= 15 is 0 Å². The maximum atomic E-state index is 12.3. The molecule has 1 aromatic rings. The van der Waals surface area contributed by atoms with Crippen LogP contribution in [0.15, 0.2) is 30.3 Å². The third-order valence-corrected chi connectivity index (χ3v) is 14.4. The minimum absolute atomic E-state index is 0.00819. The highest BCUT2D eigenvalue weighted by atomic mass is 16.5. The predicted molar refractivity (Wildman–Crippen MR) is 150 cm³/mol. The van der Waals surface area contributed by atoms with Crippen molar-refractivity contribution in [3.63, 3.8) is 0 Å². The van der Waals surface area contributed by atoms with Crippen molar-refractivity contribution in [2.24, 2.45) is 50.7 Å². The van der Waals surface area contributed by atoms with Gasteiger partial charge in [0.05, 0.1) is 24.4 Å². The molecule has 1 heterocycles. The van der Waals surface area contributed by atoms with Crippen LogP contribution in [0.25, 0.3) is 0 Å². The van der Waals surface area contributed by atoms with E-state index in [-0.39, 0.29) is 34.6 Å². The number of fused-ring (bicyclic) bond motifs is 4. The van der Waals surface area contributed by atoms with Crippen LogP contribution in [0.1, 0.15) is 91.5 Å². The first-order valence-corrected chi connectivity index (χ1v) is 15.8. The molecule has 0 aromatic heterocycles. The van der Waals surface area contributed by atoms with Crippen molar-refractivity contribution in [1.29, 1.82) is 0 Å². The smallest absolute Gasteiger partial charge is 0.0880 e. The van der Waals surface area contributed by atoms with Crippen molar-refractivity contribution in [2.45, 2.75) is 117 Å². The molecule has 5 saturated carbocycles. The highest BCUT2D eigenvalue weighted by Gasteiger charge is 2.84. The first-order chi connectivity index (χ1) is 18.0. The quantitative estimate of drug-likeness (QED) is 0.458. The first-order valence-electron chi connectivity index (χ1n) is 15.8. The zero-order chi connectivity index (χ0) is 26.7. The standard InChI is InChI=1S/C34H51NO3/c1-21-17-23(19-35-18-22-9-7-6-8-10-22)38-28-27(21)31(4)15-16-34-20-33(34)14-13-26(36)30(2,3)24(33)11-12-25(34)32(31,5)29(28)37/h6-10,21,23-29,35-37H,11-20H2,1-5H3/t21-,23?,24+,25?,26?,27+,28?,29+,31-,32-,33-,34+/m1/s1. The topological polar surface area (TPSA) is 61.7 Å². The molecule has 0 amide bonds. The van der Waals surface area contributed by atoms with Crippen LogP contribution in [0.4, 0.5) is 0 Å². The summed E-state index contributed by atoms with van der Waals surface area (Å²) in [7, 11) is 0. The molecule has 0 radical (unpaired) electrons. The van der Waals surface area contributed by atoms with Crippen LogP contribution in [0.2, 0.25) is 0 Å². The van der Waals surface area contributed by atoms with Gasteiger partial charge >= 0.3 is 0 Å². The highest BCUT2D eigenvalue weighted by Crippen LogP contribution is 2.89. The maximum absolute atomic E-state index is 12.3. The van der Waals surface area contributed by atoms with E-state index in [2.05, 4.69) is 70.3 Å². The highest BCUT2D eigenvalue weighted by molar-refractivity contribution is 5.32. The molecule has 12 atom stereocenters. The number of ether oxygens (including phenoxy) is 1. The zero-order valence-electron chi connectivity index (χ0n) is 24.4. The molecular weight excluding hydrogens is 470 g/mol. The van der Waals surface area contributed by atoms with Crippen LogP contribution in [-0.2, 0) is 11.3 Å². The van der Waals surface area contributed by atoms with Crippen molar-refractivity contribution in [2.75, 3.05) is 6.54 Å². The fraction of sp³-hybridized carbons (Fsp3) is 0.824. The molecule has 6 fully saturated rings. The van der Waals surface area contributed by atoms with Crippen LogP contribution in [0.3, 0.4) is 0 Å². The van der Waals surface area contributed by atoms with E-state index in [1.54, 1.807) is 0 Å². The minimum Gasteiger partial charge on any atom is -0.393 e. The van der Waals surface area contributed by atoms with Crippen molar-refractivity contribution in [3.8, 4) is 0 Å². The van der Waals surface area contributed by atoms with Gasteiger partial charge in [0, 0.05) is 18.5 Å². The lowest BCUT2D eigenvalue weighted by Crippen LogP contribution is -2.59. The van der Waals surface area contributed by atoms with Gasteiger partial charge in [-0.25, -0.2) is 0 Å². The lowest BCUT2D eigenvalue weighted by atomic mass is 9.41. The molecule has 3 N–H and O–H groups in total. The molecule has 5 aliphatic carbocycles. The van der Waals surface area contributed by atoms with Gasteiger partial charge < -0.3 is 20.3 Å². The summed E-state index contributed by atoms with van der Waals surface area (Å²) in [5.74, 6) is 2.18. The van der Waals surface area contributed by atoms with Crippen molar-refractivity contribution < 1.29 is 14.9 Å². The lowest BCUT2D eigenvalue weighted by Gasteiger charge is -2.63. The number of aliphatic hydroxyl groups excluding tert-OH is 2. The van der Waals surface area contributed by atoms with Crippen LogP contribution in [-0.4, -0.2) is 41.2 Å². The summed E-state index contributed by atoms with van der Waals surface area (Å²) in [5.41, 5.74) is 2.10. The van der Waals surface area contributed by atoms with Crippen LogP contribution in [0, 0.1) is 50.7 Å².